The van der Waals surface area contributed by atoms with Crippen LogP contribution < -0.4 is 10.6 Å². The van der Waals surface area contributed by atoms with Gasteiger partial charge in [-0.2, -0.15) is 5.26 Å². The number of nitrogens with zero attached hydrogens (tertiary/aromatic N) is 1. The van der Waals surface area contributed by atoms with Crippen LogP contribution >= 0.6 is 24.0 Å². The third kappa shape index (κ3) is 12.1. The van der Waals surface area contributed by atoms with E-state index < -0.39 is 21.7 Å². The molecular formula is C29H43N3O5S2. The molecule has 1 aromatic rings. The van der Waals surface area contributed by atoms with Crippen molar-refractivity contribution in [3.05, 3.63) is 35.9 Å². The number of thioether (sulfide) groups is 1. The normalized spacial score (nSPS) is 15.1. The standard InChI is InChI=1S/C29H43N3O5S2/c1-7-23(34)37-18-17-31-26(36)29(6,39-24(38)22-11-9-8-10-12-22)16-15-28(5,14-13-27(3,4)20-30)25(35)32-19-21(2)33/h8-12,21,33H,7,13-19H2,1-6H3,(H,31,36)(H,32,35). The van der Waals surface area contributed by atoms with Crippen LogP contribution in [0.4, 0.5) is 0 Å². The Bertz CT molecular complexity index is 1030. The van der Waals surface area contributed by atoms with Crippen LogP contribution in [0.3, 0.4) is 0 Å². The van der Waals surface area contributed by atoms with Gasteiger partial charge >= 0.3 is 5.97 Å². The molecule has 216 valence electrons. The van der Waals surface area contributed by atoms with E-state index in [1.807, 2.05) is 51.1 Å². The number of carbonyl (C=O) groups excluding carboxylic acids is 3. The second-order valence-corrected chi connectivity index (χ2v) is 13.1. The van der Waals surface area contributed by atoms with E-state index in [9.17, 15) is 24.8 Å². The van der Waals surface area contributed by atoms with Gasteiger partial charge in [-0.3, -0.25) is 14.4 Å². The van der Waals surface area contributed by atoms with Crippen LogP contribution in [0, 0.1) is 22.2 Å². The molecule has 0 aliphatic carbocycles. The minimum atomic E-state index is -1.03. The van der Waals surface area contributed by atoms with E-state index in [4.69, 9.17) is 17.0 Å². The molecule has 3 unspecified atom stereocenters. The van der Waals surface area contributed by atoms with Crippen LogP contribution in [-0.2, 0) is 19.1 Å². The van der Waals surface area contributed by atoms with E-state index in [1.165, 1.54) is 11.8 Å². The van der Waals surface area contributed by atoms with Crippen molar-refractivity contribution >= 4 is 46.0 Å². The molecule has 0 saturated carbocycles. The fraction of sp³-hybridized carbons (Fsp3) is 0.621. The monoisotopic (exact) mass is 577 g/mol. The number of rotatable bonds is 16. The lowest BCUT2D eigenvalue weighted by molar-refractivity contribution is -0.143. The van der Waals surface area contributed by atoms with E-state index in [1.54, 1.807) is 20.8 Å². The van der Waals surface area contributed by atoms with Crippen LogP contribution in [0.15, 0.2) is 30.3 Å². The first-order chi connectivity index (χ1) is 18.2. The van der Waals surface area contributed by atoms with Crippen LogP contribution in [0.2, 0.25) is 0 Å². The van der Waals surface area contributed by atoms with Crippen molar-refractivity contribution in [1.29, 1.82) is 5.26 Å². The van der Waals surface area contributed by atoms with Gasteiger partial charge in [-0.1, -0.05) is 68.2 Å². The van der Waals surface area contributed by atoms with Crippen LogP contribution in [0.25, 0.3) is 0 Å². The summed E-state index contributed by atoms with van der Waals surface area (Å²) < 4.78 is 4.61. The van der Waals surface area contributed by atoms with Gasteiger partial charge in [0.05, 0.1) is 33.1 Å². The fourth-order valence-electron chi connectivity index (χ4n) is 3.63. The van der Waals surface area contributed by atoms with Crippen molar-refractivity contribution in [2.75, 3.05) is 19.7 Å². The summed E-state index contributed by atoms with van der Waals surface area (Å²) in [5, 5.41) is 24.9. The van der Waals surface area contributed by atoms with E-state index in [0.717, 1.165) is 5.56 Å². The summed E-state index contributed by atoms with van der Waals surface area (Å²) in [6, 6.07) is 11.7. The molecule has 39 heavy (non-hydrogen) atoms. The Morgan fingerprint density at radius 1 is 1.05 bits per heavy atom. The summed E-state index contributed by atoms with van der Waals surface area (Å²) >= 11 is 6.95. The molecule has 1 aromatic carbocycles. The lowest BCUT2D eigenvalue weighted by atomic mass is 9.74. The highest BCUT2D eigenvalue weighted by molar-refractivity contribution is 8.25. The zero-order valence-electron chi connectivity index (χ0n) is 24.0. The first-order valence-corrected chi connectivity index (χ1v) is 14.5. The molecule has 8 nitrogen and oxygen atoms in total. The molecule has 10 heteroatoms. The number of nitriles is 1. The summed E-state index contributed by atoms with van der Waals surface area (Å²) in [5.74, 6) is -0.852. The molecule has 0 radical (unpaired) electrons. The number of thiocarbonyl (C=S) groups is 1. The summed E-state index contributed by atoms with van der Waals surface area (Å²) in [4.78, 5) is 38.3. The number of benzene rings is 1. The third-order valence-electron chi connectivity index (χ3n) is 6.61. The average Bonchev–Trinajstić information content (AvgIpc) is 2.91. The van der Waals surface area contributed by atoms with Gasteiger partial charge in [0.2, 0.25) is 11.8 Å². The molecule has 3 atom stereocenters. The predicted octanol–water partition coefficient (Wildman–Crippen LogP) is 4.54. The second-order valence-electron chi connectivity index (χ2n) is 10.9. The molecular weight excluding hydrogens is 534 g/mol. The van der Waals surface area contributed by atoms with E-state index in [2.05, 4.69) is 16.7 Å². The number of carbonyl (C=O) groups is 3. The van der Waals surface area contributed by atoms with Crippen LogP contribution in [0.5, 0.6) is 0 Å². The Balaban J connectivity index is 3.18. The summed E-state index contributed by atoms with van der Waals surface area (Å²) in [7, 11) is 0. The maximum absolute atomic E-state index is 13.5. The zero-order chi connectivity index (χ0) is 29.7. The molecule has 3 N–H and O–H groups in total. The molecule has 0 spiro atoms. The highest BCUT2D eigenvalue weighted by atomic mass is 32.2. The minimum Gasteiger partial charge on any atom is -0.464 e. The van der Waals surface area contributed by atoms with Gasteiger partial charge in [-0.05, 0) is 58.9 Å². The number of esters is 1. The van der Waals surface area contributed by atoms with Crippen molar-refractivity contribution in [3.63, 3.8) is 0 Å². The highest BCUT2D eigenvalue weighted by Crippen LogP contribution is 2.41. The van der Waals surface area contributed by atoms with E-state index in [-0.39, 0.29) is 43.9 Å². The van der Waals surface area contributed by atoms with Gasteiger partial charge in [0, 0.05) is 18.4 Å². The number of ether oxygens (including phenoxy) is 1. The predicted molar refractivity (Wildman–Crippen MR) is 159 cm³/mol. The fourth-order valence-corrected chi connectivity index (χ4v) is 5.35. The number of aliphatic hydroxyl groups is 1. The first-order valence-electron chi connectivity index (χ1n) is 13.3. The molecule has 1 rings (SSSR count). The van der Waals surface area contributed by atoms with Gasteiger partial charge in [0.25, 0.3) is 0 Å². The van der Waals surface area contributed by atoms with Crippen LogP contribution in [-0.4, -0.2) is 57.6 Å². The number of hydrogen-bond donors (Lipinski definition) is 3. The van der Waals surface area contributed by atoms with Gasteiger partial charge in [0.15, 0.2) is 0 Å². The maximum atomic E-state index is 13.5. The SMILES string of the molecule is CCC(=O)OCCNC(=O)C(C)(CCC(C)(CCC(C)(C)C#N)C(=O)NCC(C)O)SC(=S)c1ccccc1. The topological polar surface area (TPSA) is 129 Å². The van der Waals surface area contributed by atoms with Crippen molar-refractivity contribution in [3.8, 4) is 6.07 Å². The smallest absolute Gasteiger partial charge is 0.305 e. The summed E-state index contributed by atoms with van der Waals surface area (Å²) in [6.07, 6.45) is 1.13. The molecule has 0 aromatic heterocycles. The van der Waals surface area contributed by atoms with Crippen molar-refractivity contribution in [1.82, 2.24) is 10.6 Å². The van der Waals surface area contributed by atoms with Crippen LogP contribution in [0.1, 0.15) is 79.2 Å². The zero-order valence-corrected chi connectivity index (χ0v) is 25.6. The van der Waals surface area contributed by atoms with Gasteiger partial charge in [-0.25, -0.2) is 0 Å². The molecule has 0 saturated heterocycles. The minimum absolute atomic E-state index is 0.0605. The maximum Gasteiger partial charge on any atom is 0.305 e. The molecule has 0 bridgehead atoms. The summed E-state index contributed by atoms with van der Waals surface area (Å²) in [6.45, 7) is 10.9. The number of amides is 2. The van der Waals surface area contributed by atoms with Crippen molar-refractivity contribution in [2.24, 2.45) is 10.8 Å². The number of nitrogens with one attached hydrogen (secondary N) is 2. The Labute approximate surface area is 242 Å². The Morgan fingerprint density at radius 2 is 1.67 bits per heavy atom. The van der Waals surface area contributed by atoms with E-state index in [0.29, 0.717) is 29.9 Å². The number of aliphatic hydroxyl groups excluding tert-OH is 1. The highest BCUT2D eigenvalue weighted by Gasteiger charge is 2.41. The molecule has 0 fully saturated rings. The first kappa shape index (κ1) is 34.5. The second kappa shape index (κ2) is 15.9. The third-order valence-corrected chi connectivity index (χ3v) is 8.36. The Kier molecular flexibility index (Phi) is 14.1. The van der Waals surface area contributed by atoms with Gasteiger partial charge in [-0.15, -0.1) is 0 Å². The Hall–Kier alpha value is -2.48. The average molecular weight is 578 g/mol. The Morgan fingerprint density at radius 3 is 2.23 bits per heavy atom. The van der Waals surface area contributed by atoms with E-state index >= 15 is 0 Å². The molecule has 0 heterocycles. The largest absolute Gasteiger partial charge is 0.464 e. The molecule has 0 aliphatic rings. The molecule has 0 aliphatic heterocycles. The van der Waals surface area contributed by atoms with Crippen molar-refractivity contribution < 1.29 is 24.2 Å². The quantitative estimate of drug-likeness (QED) is 0.148. The summed E-state index contributed by atoms with van der Waals surface area (Å²) in [5.41, 5.74) is -0.691. The van der Waals surface area contributed by atoms with Gasteiger partial charge in [0.1, 0.15) is 6.61 Å². The number of hydrogen-bond acceptors (Lipinski definition) is 8. The van der Waals surface area contributed by atoms with Gasteiger partial charge < -0.3 is 20.5 Å². The lowest BCUT2D eigenvalue weighted by Gasteiger charge is -2.35. The lowest BCUT2D eigenvalue weighted by Crippen LogP contribution is -2.47. The van der Waals surface area contributed by atoms with Crippen molar-refractivity contribution in [2.45, 2.75) is 84.5 Å². The molecule has 2 amide bonds.